The van der Waals surface area contributed by atoms with Gasteiger partial charge in [-0.15, -0.1) is 0 Å². The smallest absolute Gasteiger partial charge is 0.407 e. The van der Waals surface area contributed by atoms with Gasteiger partial charge < -0.3 is 15.4 Å². The molecule has 1 aliphatic rings. The quantitative estimate of drug-likeness (QED) is 0.892. The van der Waals surface area contributed by atoms with E-state index in [4.69, 9.17) is 4.74 Å². The van der Waals surface area contributed by atoms with E-state index < -0.39 is 5.60 Å². The Bertz CT molecular complexity index is 440. The van der Waals surface area contributed by atoms with E-state index in [9.17, 15) is 4.79 Å². The number of amides is 1. The van der Waals surface area contributed by atoms with Crippen molar-refractivity contribution >= 4 is 6.09 Å². The second kappa shape index (κ2) is 6.27. The highest BCUT2D eigenvalue weighted by atomic mass is 16.6. The summed E-state index contributed by atoms with van der Waals surface area (Å²) in [5, 5.41) is 6.28. The minimum absolute atomic E-state index is 0.337. The molecular weight excluding hydrogens is 252 g/mol. The van der Waals surface area contributed by atoms with E-state index in [0.717, 1.165) is 13.1 Å². The molecule has 1 amide bonds. The summed E-state index contributed by atoms with van der Waals surface area (Å²) in [6, 6.07) is 10.5. The molecule has 0 saturated carbocycles. The van der Waals surface area contributed by atoms with Crippen LogP contribution in [0.25, 0.3) is 0 Å². The van der Waals surface area contributed by atoms with Gasteiger partial charge in [-0.1, -0.05) is 30.3 Å². The number of hydrogen-bond donors (Lipinski definition) is 2. The number of rotatable bonds is 3. The van der Waals surface area contributed by atoms with Crippen LogP contribution in [0.3, 0.4) is 0 Å². The SMILES string of the molecule is CC(C)(C)OC(=O)NC[C@H]1CNC[C@@H]1c1ccccc1. The van der Waals surface area contributed by atoms with Gasteiger partial charge in [-0.05, 0) is 32.3 Å². The van der Waals surface area contributed by atoms with Crippen LogP contribution < -0.4 is 10.6 Å². The monoisotopic (exact) mass is 276 g/mol. The molecule has 0 bridgehead atoms. The first-order chi connectivity index (χ1) is 9.46. The molecule has 2 atom stereocenters. The average Bonchev–Trinajstić information content (AvgIpc) is 2.83. The van der Waals surface area contributed by atoms with Crippen molar-refractivity contribution in [3.8, 4) is 0 Å². The predicted molar refractivity (Wildman–Crippen MR) is 79.8 cm³/mol. The van der Waals surface area contributed by atoms with Crippen molar-refractivity contribution in [3.63, 3.8) is 0 Å². The van der Waals surface area contributed by atoms with Gasteiger partial charge in [0.1, 0.15) is 5.60 Å². The van der Waals surface area contributed by atoms with Gasteiger partial charge in [0.15, 0.2) is 0 Å². The third-order valence-electron chi connectivity index (χ3n) is 3.48. The minimum atomic E-state index is -0.448. The van der Waals surface area contributed by atoms with Crippen LogP contribution >= 0.6 is 0 Å². The summed E-state index contributed by atoms with van der Waals surface area (Å²) in [5.41, 5.74) is 0.880. The molecule has 0 aromatic heterocycles. The van der Waals surface area contributed by atoms with Gasteiger partial charge in [0.25, 0.3) is 0 Å². The highest BCUT2D eigenvalue weighted by molar-refractivity contribution is 5.67. The Morgan fingerprint density at radius 1 is 1.30 bits per heavy atom. The molecule has 1 fully saturated rings. The average molecular weight is 276 g/mol. The fourth-order valence-corrected chi connectivity index (χ4v) is 2.57. The van der Waals surface area contributed by atoms with E-state index in [1.165, 1.54) is 5.56 Å². The standard InChI is InChI=1S/C16H24N2O2/c1-16(2,3)20-15(19)18-10-13-9-17-11-14(13)12-7-5-4-6-8-12/h4-8,13-14,17H,9-11H2,1-3H3,(H,18,19)/t13-,14-/m1/s1. The van der Waals surface area contributed by atoms with Crippen LogP contribution in [0.4, 0.5) is 4.79 Å². The van der Waals surface area contributed by atoms with E-state index in [0.29, 0.717) is 18.4 Å². The number of carbonyl (C=O) groups is 1. The molecule has 0 aliphatic carbocycles. The third kappa shape index (κ3) is 4.23. The first kappa shape index (κ1) is 14.9. The normalized spacial score (nSPS) is 22.6. The van der Waals surface area contributed by atoms with Crippen molar-refractivity contribution in [2.75, 3.05) is 19.6 Å². The maximum absolute atomic E-state index is 11.7. The molecule has 2 N–H and O–H groups in total. The highest BCUT2D eigenvalue weighted by Crippen LogP contribution is 2.27. The summed E-state index contributed by atoms with van der Waals surface area (Å²) < 4.78 is 5.27. The minimum Gasteiger partial charge on any atom is -0.444 e. The molecular formula is C16H24N2O2. The number of alkyl carbamates (subject to hydrolysis) is 1. The van der Waals surface area contributed by atoms with Crippen molar-refractivity contribution in [2.24, 2.45) is 5.92 Å². The fraction of sp³-hybridized carbons (Fsp3) is 0.562. The Morgan fingerprint density at radius 3 is 2.65 bits per heavy atom. The molecule has 0 unspecified atom stereocenters. The van der Waals surface area contributed by atoms with Crippen LogP contribution in [-0.4, -0.2) is 31.3 Å². The number of ether oxygens (including phenoxy) is 1. The molecule has 4 nitrogen and oxygen atoms in total. The van der Waals surface area contributed by atoms with Gasteiger partial charge in [-0.3, -0.25) is 0 Å². The van der Waals surface area contributed by atoms with Gasteiger partial charge in [0.05, 0.1) is 0 Å². The second-order valence-corrected chi connectivity index (χ2v) is 6.32. The van der Waals surface area contributed by atoms with Gasteiger partial charge in [0, 0.05) is 25.6 Å². The molecule has 110 valence electrons. The van der Waals surface area contributed by atoms with Crippen LogP contribution in [0.15, 0.2) is 30.3 Å². The van der Waals surface area contributed by atoms with Crippen LogP contribution in [0, 0.1) is 5.92 Å². The molecule has 0 radical (unpaired) electrons. The number of hydrogen-bond acceptors (Lipinski definition) is 3. The van der Waals surface area contributed by atoms with E-state index >= 15 is 0 Å². The van der Waals surface area contributed by atoms with Crippen LogP contribution in [-0.2, 0) is 4.74 Å². The maximum Gasteiger partial charge on any atom is 0.407 e. The van der Waals surface area contributed by atoms with Gasteiger partial charge >= 0.3 is 6.09 Å². The van der Waals surface area contributed by atoms with Gasteiger partial charge in [0.2, 0.25) is 0 Å². The lowest BCUT2D eigenvalue weighted by molar-refractivity contribution is 0.0519. The lowest BCUT2D eigenvalue weighted by Gasteiger charge is -2.22. The summed E-state index contributed by atoms with van der Waals surface area (Å²) in [5.74, 6) is 0.857. The van der Waals surface area contributed by atoms with Crippen molar-refractivity contribution in [2.45, 2.75) is 32.3 Å². The molecule has 1 aromatic rings. The molecule has 0 spiro atoms. The first-order valence-corrected chi connectivity index (χ1v) is 7.18. The number of nitrogens with one attached hydrogen (secondary N) is 2. The lowest BCUT2D eigenvalue weighted by atomic mass is 9.89. The van der Waals surface area contributed by atoms with E-state index in [1.807, 2.05) is 26.8 Å². The first-order valence-electron chi connectivity index (χ1n) is 7.18. The molecule has 1 saturated heterocycles. The van der Waals surface area contributed by atoms with Crippen molar-refractivity contribution in [1.29, 1.82) is 0 Å². The Hall–Kier alpha value is -1.55. The maximum atomic E-state index is 11.7. The topological polar surface area (TPSA) is 50.4 Å². The third-order valence-corrected chi connectivity index (χ3v) is 3.48. The molecule has 4 heteroatoms. The zero-order chi connectivity index (χ0) is 14.6. The van der Waals surface area contributed by atoms with E-state index in [1.54, 1.807) is 0 Å². The van der Waals surface area contributed by atoms with Crippen LogP contribution in [0.2, 0.25) is 0 Å². The summed E-state index contributed by atoms with van der Waals surface area (Å²) in [7, 11) is 0. The van der Waals surface area contributed by atoms with Crippen LogP contribution in [0.1, 0.15) is 32.3 Å². The van der Waals surface area contributed by atoms with Gasteiger partial charge in [-0.2, -0.15) is 0 Å². The summed E-state index contributed by atoms with van der Waals surface area (Å²) in [6.45, 7) is 8.14. The summed E-state index contributed by atoms with van der Waals surface area (Å²) in [6.07, 6.45) is -0.337. The van der Waals surface area contributed by atoms with Crippen molar-refractivity contribution in [1.82, 2.24) is 10.6 Å². The molecule has 1 aromatic carbocycles. The largest absolute Gasteiger partial charge is 0.444 e. The van der Waals surface area contributed by atoms with Crippen molar-refractivity contribution in [3.05, 3.63) is 35.9 Å². The molecule has 20 heavy (non-hydrogen) atoms. The van der Waals surface area contributed by atoms with E-state index in [2.05, 4.69) is 34.9 Å². The summed E-state index contributed by atoms with van der Waals surface area (Å²) in [4.78, 5) is 11.7. The van der Waals surface area contributed by atoms with E-state index in [-0.39, 0.29) is 6.09 Å². The Kier molecular flexibility index (Phi) is 4.65. The van der Waals surface area contributed by atoms with Crippen molar-refractivity contribution < 1.29 is 9.53 Å². The molecule has 2 rings (SSSR count). The lowest BCUT2D eigenvalue weighted by Crippen LogP contribution is -2.36. The molecule has 1 heterocycles. The number of carbonyl (C=O) groups excluding carboxylic acids is 1. The summed E-state index contributed by atoms with van der Waals surface area (Å²) >= 11 is 0. The highest BCUT2D eigenvalue weighted by Gasteiger charge is 2.29. The Labute approximate surface area is 120 Å². The predicted octanol–water partition coefficient (Wildman–Crippen LogP) is 2.51. The number of benzene rings is 1. The Morgan fingerprint density at radius 2 is 2.00 bits per heavy atom. The molecule has 1 aliphatic heterocycles. The zero-order valence-electron chi connectivity index (χ0n) is 12.5. The Balaban J connectivity index is 1.88. The fourth-order valence-electron chi connectivity index (χ4n) is 2.57. The van der Waals surface area contributed by atoms with Crippen LogP contribution in [0.5, 0.6) is 0 Å². The zero-order valence-corrected chi connectivity index (χ0v) is 12.5. The van der Waals surface area contributed by atoms with Gasteiger partial charge in [-0.25, -0.2) is 4.79 Å². The second-order valence-electron chi connectivity index (χ2n) is 6.32.